The van der Waals surface area contributed by atoms with Gasteiger partial charge in [-0.15, -0.1) is 0 Å². The molecule has 1 aliphatic heterocycles. The first-order chi connectivity index (χ1) is 8.44. The Balaban J connectivity index is 2.48. The van der Waals surface area contributed by atoms with Gasteiger partial charge < -0.3 is 15.6 Å². The average molecular weight is 271 g/mol. The maximum absolute atomic E-state index is 12.2. The molecule has 1 aromatic carbocycles. The van der Waals surface area contributed by atoms with Gasteiger partial charge in [0.25, 0.3) is 0 Å². The zero-order chi connectivity index (χ0) is 13.3. The van der Waals surface area contributed by atoms with Crippen LogP contribution in [-0.2, 0) is 19.4 Å². The normalized spacial score (nSPS) is 18.1. The first-order valence-electron chi connectivity index (χ1n) is 5.33. The molecule has 1 saturated heterocycles. The summed E-state index contributed by atoms with van der Waals surface area (Å²) in [4.78, 5) is 10.9. The predicted molar refractivity (Wildman–Crippen MR) is 62.8 cm³/mol. The van der Waals surface area contributed by atoms with Gasteiger partial charge in [0, 0.05) is 0 Å². The summed E-state index contributed by atoms with van der Waals surface area (Å²) in [6.07, 6.45) is 0. The Labute approximate surface area is 104 Å². The van der Waals surface area contributed by atoms with Crippen LogP contribution < -0.4 is 5.73 Å². The van der Waals surface area contributed by atoms with Crippen LogP contribution in [0.25, 0.3) is 0 Å². The molecular weight excluding hydrogens is 258 g/mol. The molecule has 3 N–H and O–H groups in total. The Morgan fingerprint density at radius 3 is 2.50 bits per heavy atom. The Kier molecular flexibility index (Phi) is 3.38. The number of carbonyl (C=O) groups is 1. The van der Waals surface area contributed by atoms with Gasteiger partial charge in [0.2, 0.25) is 0 Å². The maximum Gasteiger partial charge on any atom is 0.325 e. The molecule has 1 aliphatic rings. The predicted octanol–water partition coefficient (Wildman–Crippen LogP) is -0.0565. The van der Waals surface area contributed by atoms with E-state index in [4.69, 9.17) is 15.6 Å². The molecule has 1 fully saturated rings. The van der Waals surface area contributed by atoms with Crippen LogP contribution in [0.2, 0.25) is 0 Å². The smallest absolute Gasteiger partial charge is 0.325 e. The van der Waals surface area contributed by atoms with E-state index >= 15 is 0 Å². The third kappa shape index (κ3) is 2.12. The highest BCUT2D eigenvalue weighted by Gasteiger charge is 2.36. The molecule has 1 heterocycles. The molecule has 0 radical (unpaired) electrons. The van der Waals surface area contributed by atoms with Crippen LogP contribution in [0, 0.1) is 0 Å². The van der Waals surface area contributed by atoms with Crippen molar-refractivity contribution in [2.75, 3.05) is 13.2 Å². The number of sulfone groups is 1. The average Bonchev–Trinajstić information content (AvgIpc) is 2.25. The topological polar surface area (TPSA) is 107 Å². The second kappa shape index (κ2) is 4.68. The lowest BCUT2D eigenvalue weighted by Crippen LogP contribution is -2.41. The highest BCUT2D eigenvalue weighted by atomic mass is 32.2. The van der Waals surface area contributed by atoms with Crippen molar-refractivity contribution in [3.05, 3.63) is 29.8 Å². The van der Waals surface area contributed by atoms with Crippen molar-refractivity contribution >= 4 is 15.8 Å². The zero-order valence-corrected chi connectivity index (χ0v) is 10.3. The largest absolute Gasteiger partial charge is 0.480 e. The van der Waals surface area contributed by atoms with Gasteiger partial charge in [-0.25, -0.2) is 8.42 Å². The summed E-state index contributed by atoms with van der Waals surface area (Å²) < 4.78 is 29.3. The molecule has 0 aromatic heterocycles. The van der Waals surface area contributed by atoms with Gasteiger partial charge in [-0.05, 0) is 11.6 Å². The summed E-state index contributed by atoms with van der Waals surface area (Å²) in [5.74, 6) is -1.26. The van der Waals surface area contributed by atoms with Crippen molar-refractivity contribution in [2.24, 2.45) is 5.73 Å². The van der Waals surface area contributed by atoms with E-state index in [1.165, 1.54) is 12.1 Å². The maximum atomic E-state index is 12.2. The second-order valence-electron chi connectivity index (χ2n) is 4.06. The van der Waals surface area contributed by atoms with Crippen molar-refractivity contribution < 1.29 is 23.1 Å². The van der Waals surface area contributed by atoms with E-state index in [2.05, 4.69) is 0 Å². The monoisotopic (exact) mass is 271 g/mol. The molecule has 18 heavy (non-hydrogen) atoms. The SMILES string of the molecule is NC(C(=O)O)c1ccccc1S(=O)(=O)C1COC1. The van der Waals surface area contributed by atoms with Gasteiger partial charge in [0.15, 0.2) is 9.84 Å². The molecule has 0 amide bonds. The molecule has 0 saturated carbocycles. The van der Waals surface area contributed by atoms with Crippen LogP contribution in [0.5, 0.6) is 0 Å². The zero-order valence-electron chi connectivity index (χ0n) is 9.44. The van der Waals surface area contributed by atoms with Crippen molar-refractivity contribution in [1.29, 1.82) is 0 Å². The van der Waals surface area contributed by atoms with Crippen LogP contribution in [0.1, 0.15) is 11.6 Å². The molecule has 1 aromatic rings. The molecule has 98 valence electrons. The number of hydrogen-bond donors (Lipinski definition) is 2. The Morgan fingerprint density at radius 2 is 2.00 bits per heavy atom. The van der Waals surface area contributed by atoms with Gasteiger partial charge in [-0.2, -0.15) is 0 Å². The quantitative estimate of drug-likeness (QED) is 0.794. The van der Waals surface area contributed by atoms with E-state index < -0.39 is 27.1 Å². The van der Waals surface area contributed by atoms with Crippen LogP contribution in [-0.4, -0.2) is 38.0 Å². The number of ether oxygens (including phenoxy) is 1. The molecule has 7 heteroatoms. The summed E-state index contributed by atoms with van der Waals surface area (Å²) in [6, 6.07) is 4.56. The van der Waals surface area contributed by atoms with Crippen LogP contribution >= 0.6 is 0 Å². The fraction of sp³-hybridized carbons (Fsp3) is 0.364. The number of rotatable bonds is 4. The molecule has 0 aliphatic carbocycles. The Hall–Kier alpha value is -1.44. The number of hydrogen-bond acceptors (Lipinski definition) is 5. The third-order valence-corrected chi connectivity index (χ3v) is 5.01. The lowest BCUT2D eigenvalue weighted by molar-refractivity contribution is -0.138. The molecular formula is C11H13NO5S. The van der Waals surface area contributed by atoms with Crippen LogP contribution in [0.4, 0.5) is 0 Å². The number of aliphatic carboxylic acids is 1. The van der Waals surface area contributed by atoms with E-state index in [0.29, 0.717) is 0 Å². The van der Waals surface area contributed by atoms with Crippen molar-refractivity contribution in [3.8, 4) is 0 Å². The van der Waals surface area contributed by atoms with Crippen molar-refractivity contribution in [2.45, 2.75) is 16.2 Å². The van der Waals surface area contributed by atoms with Crippen molar-refractivity contribution in [1.82, 2.24) is 0 Å². The van der Waals surface area contributed by atoms with E-state index in [9.17, 15) is 13.2 Å². The first kappa shape index (κ1) is 13.0. The van der Waals surface area contributed by atoms with E-state index in [-0.39, 0.29) is 23.7 Å². The van der Waals surface area contributed by atoms with Gasteiger partial charge in [-0.1, -0.05) is 18.2 Å². The van der Waals surface area contributed by atoms with Gasteiger partial charge in [0.1, 0.15) is 11.3 Å². The molecule has 1 unspecified atom stereocenters. The number of carboxylic acids is 1. The summed E-state index contributed by atoms with van der Waals surface area (Å²) in [6.45, 7) is 0.276. The fourth-order valence-electron chi connectivity index (χ4n) is 1.70. The third-order valence-electron chi connectivity index (χ3n) is 2.87. The minimum atomic E-state index is -3.58. The molecule has 0 bridgehead atoms. The molecule has 0 spiro atoms. The minimum absolute atomic E-state index is 0.0202. The van der Waals surface area contributed by atoms with Gasteiger partial charge >= 0.3 is 5.97 Å². The van der Waals surface area contributed by atoms with Gasteiger partial charge in [-0.3, -0.25) is 4.79 Å². The number of benzene rings is 1. The highest BCUT2D eigenvalue weighted by molar-refractivity contribution is 7.92. The van der Waals surface area contributed by atoms with Crippen LogP contribution in [0.15, 0.2) is 29.2 Å². The van der Waals surface area contributed by atoms with Crippen molar-refractivity contribution in [3.63, 3.8) is 0 Å². The lowest BCUT2D eigenvalue weighted by atomic mass is 10.1. The Morgan fingerprint density at radius 1 is 1.39 bits per heavy atom. The summed E-state index contributed by atoms with van der Waals surface area (Å²) in [5, 5.41) is 8.28. The van der Waals surface area contributed by atoms with E-state index in [1.54, 1.807) is 12.1 Å². The van der Waals surface area contributed by atoms with E-state index in [1.807, 2.05) is 0 Å². The van der Waals surface area contributed by atoms with Gasteiger partial charge in [0.05, 0.1) is 18.1 Å². The standard InChI is InChI=1S/C11H13NO5S/c12-10(11(13)14)8-3-1-2-4-9(8)18(15,16)7-5-17-6-7/h1-4,7,10H,5-6,12H2,(H,13,14). The minimum Gasteiger partial charge on any atom is -0.480 e. The first-order valence-corrected chi connectivity index (χ1v) is 6.88. The lowest BCUT2D eigenvalue weighted by Gasteiger charge is -2.27. The highest BCUT2D eigenvalue weighted by Crippen LogP contribution is 2.27. The molecule has 2 rings (SSSR count). The fourth-order valence-corrected chi connectivity index (χ4v) is 3.40. The van der Waals surface area contributed by atoms with E-state index in [0.717, 1.165) is 0 Å². The number of carboxylic acid groups (broad SMARTS) is 1. The summed E-state index contributed by atoms with van der Waals surface area (Å²) in [7, 11) is -3.58. The number of nitrogens with two attached hydrogens (primary N) is 1. The molecule has 1 atom stereocenters. The Bertz CT molecular complexity index is 565. The van der Waals surface area contributed by atoms with Crippen LogP contribution in [0.3, 0.4) is 0 Å². The molecule has 6 nitrogen and oxygen atoms in total. The summed E-state index contributed by atoms with van der Waals surface area (Å²) >= 11 is 0. The summed E-state index contributed by atoms with van der Waals surface area (Å²) in [5.41, 5.74) is 5.61. The second-order valence-corrected chi connectivity index (χ2v) is 6.25.